The van der Waals surface area contributed by atoms with Crippen molar-refractivity contribution in [1.29, 1.82) is 0 Å². The molecule has 1 heteroatoms. The standard InChI is InChI=1S/C10H17N/c1-8(2)6-9-4-5-10(7-9)11-3/h4-5,8,11H,6-7H2,1-3H3. The largest absolute Gasteiger partial charge is 0.391 e. The molecule has 0 spiro atoms. The van der Waals surface area contributed by atoms with E-state index in [1.807, 2.05) is 7.05 Å². The number of nitrogens with one attached hydrogen (secondary N) is 1. The minimum atomic E-state index is 0.783. The van der Waals surface area contributed by atoms with Crippen LogP contribution in [0.2, 0.25) is 0 Å². The number of rotatable bonds is 3. The van der Waals surface area contributed by atoms with Crippen molar-refractivity contribution in [3.05, 3.63) is 23.4 Å². The second-order valence-electron chi connectivity index (χ2n) is 3.54. The first-order valence-electron chi connectivity index (χ1n) is 4.28. The summed E-state index contributed by atoms with van der Waals surface area (Å²) in [6.07, 6.45) is 6.79. The molecule has 11 heavy (non-hydrogen) atoms. The van der Waals surface area contributed by atoms with Crippen molar-refractivity contribution >= 4 is 0 Å². The highest BCUT2D eigenvalue weighted by Crippen LogP contribution is 2.22. The molecule has 0 saturated carbocycles. The van der Waals surface area contributed by atoms with Crippen LogP contribution in [0.4, 0.5) is 0 Å². The highest BCUT2D eigenvalue weighted by Gasteiger charge is 2.07. The molecule has 1 N–H and O–H groups in total. The van der Waals surface area contributed by atoms with Crippen molar-refractivity contribution < 1.29 is 0 Å². The van der Waals surface area contributed by atoms with Gasteiger partial charge in [-0.1, -0.05) is 25.5 Å². The van der Waals surface area contributed by atoms with Gasteiger partial charge in [-0.2, -0.15) is 0 Å². The second-order valence-corrected chi connectivity index (χ2v) is 3.54. The van der Waals surface area contributed by atoms with Crippen LogP contribution in [0.25, 0.3) is 0 Å². The van der Waals surface area contributed by atoms with Crippen LogP contribution in [0.5, 0.6) is 0 Å². The van der Waals surface area contributed by atoms with Crippen LogP contribution in [0, 0.1) is 5.92 Å². The minimum Gasteiger partial charge on any atom is -0.391 e. The maximum atomic E-state index is 3.18. The van der Waals surface area contributed by atoms with Gasteiger partial charge in [0, 0.05) is 19.2 Å². The van der Waals surface area contributed by atoms with Gasteiger partial charge in [-0.3, -0.25) is 0 Å². The van der Waals surface area contributed by atoms with Crippen molar-refractivity contribution in [2.75, 3.05) is 7.05 Å². The Balaban J connectivity index is 2.34. The van der Waals surface area contributed by atoms with Gasteiger partial charge in [-0.15, -0.1) is 0 Å². The number of hydrogen-bond acceptors (Lipinski definition) is 1. The van der Waals surface area contributed by atoms with E-state index >= 15 is 0 Å². The fraction of sp³-hybridized carbons (Fsp3) is 0.600. The Morgan fingerprint density at radius 2 is 2.18 bits per heavy atom. The zero-order valence-corrected chi connectivity index (χ0v) is 7.65. The molecule has 0 atom stereocenters. The molecule has 0 heterocycles. The summed E-state index contributed by atoms with van der Waals surface area (Å²) in [6.45, 7) is 4.52. The third-order valence-electron chi connectivity index (χ3n) is 1.93. The molecule has 0 fully saturated rings. The van der Waals surface area contributed by atoms with Gasteiger partial charge in [0.05, 0.1) is 0 Å². The first kappa shape index (κ1) is 8.38. The zero-order valence-electron chi connectivity index (χ0n) is 7.65. The van der Waals surface area contributed by atoms with Gasteiger partial charge in [-0.05, 0) is 18.4 Å². The fourth-order valence-corrected chi connectivity index (χ4v) is 1.42. The van der Waals surface area contributed by atoms with Gasteiger partial charge in [0.15, 0.2) is 0 Å². The van der Waals surface area contributed by atoms with Gasteiger partial charge in [0.25, 0.3) is 0 Å². The molecular formula is C10H17N. The lowest BCUT2D eigenvalue weighted by molar-refractivity contribution is 0.633. The van der Waals surface area contributed by atoms with Crippen molar-refractivity contribution in [1.82, 2.24) is 5.32 Å². The number of allylic oxidation sites excluding steroid dienone is 3. The third-order valence-corrected chi connectivity index (χ3v) is 1.93. The quantitative estimate of drug-likeness (QED) is 0.653. The average Bonchev–Trinajstić information content (AvgIpc) is 2.34. The molecule has 1 aliphatic carbocycles. The third kappa shape index (κ3) is 2.41. The van der Waals surface area contributed by atoms with E-state index in [9.17, 15) is 0 Å². The maximum absolute atomic E-state index is 3.18. The molecule has 0 bridgehead atoms. The Labute approximate surface area is 69.2 Å². The van der Waals surface area contributed by atoms with Crippen molar-refractivity contribution in [3.63, 3.8) is 0 Å². The zero-order chi connectivity index (χ0) is 8.27. The van der Waals surface area contributed by atoms with Crippen LogP contribution in [0.1, 0.15) is 26.7 Å². The predicted molar refractivity (Wildman–Crippen MR) is 49.3 cm³/mol. The van der Waals surface area contributed by atoms with Crippen LogP contribution in [-0.2, 0) is 0 Å². The smallest absolute Gasteiger partial charge is 0.0145 e. The van der Waals surface area contributed by atoms with E-state index in [-0.39, 0.29) is 0 Å². The SMILES string of the molecule is CNC1=CC=C(CC(C)C)C1. The minimum absolute atomic E-state index is 0.783. The van der Waals surface area contributed by atoms with E-state index in [0.29, 0.717) is 0 Å². The topological polar surface area (TPSA) is 12.0 Å². The number of hydrogen-bond donors (Lipinski definition) is 1. The highest BCUT2D eigenvalue weighted by atomic mass is 14.8. The first-order valence-corrected chi connectivity index (χ1v) is 4.28. The Morgan fingerprint density at radius 1 is 1.45 bits per heavy atom. The van der Waals surface area contributed by atoms with E-state index in [1.54, 1.807) is 5.57 Å². The van der Waals surface area contributed by atoms with Crippen molar-refractivity contribution in [2.24, 2.45) is 5.92 Å². The van der Waals surface area contributed by atoms with Gasteiger partial charge >= 0.3 is 0 Å². The van der Waals surface area contributed by atoms with Gasteiger partial charge in [0.1, 0.15) is 0 Å². The summed E-state index contributed by atoms with van der Waals surface area (Å²) >= 11 is 0. The van der Waals surface area contributed by atoms with Crippen LogP contribution in [-0.4, -0.2) is 7.05 Å². The summed E-state index contributed by atoms with van der Waals surface area (Å²) in [5, 5.41) is 3.18. The molecular weight excluding hydrogens is 134 g/mol. The lowest BCUT2D eigenvalue weighted by Gasteiger charge is -2.06. The molecule has 1 aliphatic rings. The van der Waals surface area contributed by atoms with Crippen LogP contribution in [0.3, 0.4) is 0 Å². The molecule has 0 radical (unpaired) electrons. The van der Waals surface area contributed by atoms with Gasteiger partial charge < -0.3 is 5.32 Å². The van der Waals surface area contributed by atoms with Crippen molar-refractivity contribution in [3.8, 4) is 0 Å². The Kier molecular flexibility index (Phi) is 2.75. The fourth-order valence-electron chi connectivity index (χ4n) is 1.42. The maximum Gasteiger partial charge on any atom is 0.0145 e. The summed E-state index contributed by atoms with van der Waals surface area (Å²) < 4.78 is 0. The Hall–Kier alpha value is -0.720. The van der Waals surface area contributed by atoms with E-state index in [4.69, 9.17) is 0 Å². The Bertz CT molecular complexity index is 187. The van der Waals surface area contributed by atoms with E-state index < -0.39 is 0 Å². The molecule has 0 aromatic heterocycles. The molecule has 0 aliphatic heterocycles. The monoisotopic (exact) mass is 151 g/mol. The normalized spacial score (nSPS) is 16.7. The van der Waals surface area contributed by atoms with E-state index in [0.717, 1.165) is 12.3 Å². The summed E-state index contributed by atoms with van der Waals surface area (Å²) in [5.41, 5.74) is 2.91. The molecule has 0 saturated heterocycles. The molecule has 0 amide bonds. The second kappa shape index (κ2) is 3.61. The van der Waals surface area contributed by atoms with Gasteiger partial charge in [-0.25, -0.2) is 0 Å². The molecule has 1 rings (SSSR count). The Morgan fingerprint density at radius 3 is 2.64 bits per heavy atom. The summed E-state index contributed by atoms with van der Waals surface area (Å²) in [6, 6.07) is 0. The average molecular weight is 151 g/mol. The lowest BCUT2D eigenvalue weighted by atomic mass is 10.0. The van der Waals surface area contributed by atoms with Crippen LogP contribution in [0.15, 0.2) is 23.4 Å². The van der Waals surface area contributed by atoms with E-state index in [2.05, 4.69) is 31.3 Å². The van der Waals surface area contributed by atoms with Crippen LogP contribution < -0.4 is 5.32 Å². The molecule has 0 aromatic rings. The van der Waals surface area contributed by atoms with Crippen molar-refractivity contribution in [2.45, 2.75) is 26.7 Å². The first-order chi connectivity index (χ1) is 5.22. The summed E-state index contributed by atoms with van der Waals surface area (Å²) in [4.78, 5) is 0. The molecule has 62 valence electrons. The van der Waals surface area contributed by atoms with Crippen LogP contribution >= 0.6 is 0 Å². The predicted octanol–water partition coefficient (Wildman–Crippen LogP) is 2.47. The van der Waals surface area contributed by atoms with E-state index in [1.165, 1.54) is 12.1 Å². The molecule has 0 aromatic carbocycles. The van der Waals surface area contributed by atoms with Gasteiger partial charge in [0.2, 0.25) is 0 Å². The highest BCUT2D eigenvalue weighted by molar-refractivity contribution is 5.29. The summed E-state index contributed by atoms with van der Waals surface area (Å²) in [5.74, 6) is 0.783. The molecule has 1 nitrogen and oxygen atoms in total. The lowest BCUT2D eigenvalue weighted by Crippen LogP contribution is -2.03. The molecule has 0 unspecified atom stereocenters. The summed E-state index contributed by atoms with van der Waals surface area (Å²) in [7, 11) is 1.98.